The number of nitrogens with one attached hydrogen (secondary N) is 1. The van der Waals surface area contributed by atoms with Crippen LogP contribution in [0.25, 0.3) is 0 Å². The van der Waals surface area contributed by atoms with E-state index in [9.17, 15) is 14.0 Å². The molecule has 0 fully saturated rings. The summed E-state index contributed by atoms with van der Waals surface area (Å²) >= 11 is 0.900. The van der Waals surface area contributed by atoms with Crippen molar-refractivity contribution >= 4 is 29.1 Å². The monoisotopic (exact) mass is 267 g/mol. The van der Waals surface area contributed by atoms with E-state index >= 15 is 0 Å². The van der Waals surface area contributed by atoms with Crippen molar-refractivity contribution in [3.05, 3.63) is 40.7 Å². The van der Waals surface area contributed by atoms with Crippen molar-refractivity contribution in [1.82, 2.24) is 9.59 Å². The molecule has 0 atom stereocenters. The molecule has 1 aromatic heterocycles. The second-order valence-corrected chi connectivity index (χ2v) is 4.02. The summed E-state index contributed by atoms with van der Waals surface area (Å²) < 4.78 is 16.6. The summed E-state index contributed by atoms with van der Waals surface area (Å²) in [7, 11) is 0. The largest absolute Gasteiger partial charge is 0.478 e. The van der Waals surface area contributed by atoms with Crippen LogP contribution >= 0.6 is 11.5 Å². The van der Waals surface area contributed by atoms with E-state index in [4.69, 9.17) is 5.11 Å². The number of carboxylic acid groups (broad SMARTS) is 1. The van der Waals surface area contributed by atoms with Crippen LogP contribution in [0.1, 0.15) is 20.0 Å². The number of carboxylic acids is 1. The molecule has 0 aliphatic rings. The van der Waals surface area contributed by atoms with Crippen molar-refractivity contribution in [3.63, 3.8) is 0 Å². The first-order valence-electron chi connectivity index (χ1n) is 4.69. The standard InChI is InChI=1S/C10H6FN3O3S/c11-7-2-1-5(3-6(7)10(16)17)13-9(15)8-4-12-14-18-8/h1-4H,(H,13,15)(H,16,17). The number of nitrogens with zero attached hydrogens (tertiary/aromatic N) is 2. The Labute approximate surface area is 104 Å². The zero-order valence-electron chi connectivity index (χ0n) is 8.75. The summed E-state index contributed by atoms with van der Waals surface area (Å²) in [4.78, 5) is 22.6. The molecule has 0 aliphatic heterocycles. The predicted molar refractivity (Wildman–Crippen MR) is 61.2 cm³/mol. The van der Waals surface area contributed by atoms with E-state index in [-0.39, 0.29) is 10.6 Å². The number of aromatic nitrogens is 2. The molecule has 0 unspecified atom stereocenters. The molecule has 1 amide bonds. The lowest BCUT2D eigenvalue weighted by Crippen LogP contribution is -2.11. The van der Waals surface area contributed by atoms with Gasteiger partial charge in [-0.15, -0.1) is 5.10 Å². The van der Waals surface area contributed by atoms with Crippen molar-refractivity contribution in [2.75, 3.05) is 5.32 Å². The fourth-order valence-corrected chi connectivity index (χ4v) is 1.64. The number of amides is 1. The van der Waals surface area contributed by atoms with E-state index in [0.717, 1.165) is 23.7 Å². The molecule has 1 heterocycles. The highest BCUT2D eigenvalue weighted by Gasteiger charge is 2.13. The number of hydrogen-bond donors (Lipinski definition) is 2. The van der Waals surface area contributed by atoms with Crippen LogP contribution in [-0.2, 0) is 0 Å². The number of aromatic carboxylic acids is 1. The number of carbonyl (C=O) groups is 2. The van der Waals surface area contributed by atoms with Crippen LogP contribution in [-0.4, -0.2) is 26.6 Å². The van der Waals surface area contributed by atoms with E-state index in [0.29, 0.717) is 0 Å². The second kappa shape index (κ2) is 4.88. The first-order valence-corrected chi connectivity index (χ1v) is 5.47. The fraction of sp³-hybridized carbons (Fsp3) is 0. The maximum absolute atomic E-state index is 13.1. The van der Waals surface area contributed by atoms with Gasteiger partial charge in [0.1, 0.15) is 10.7 Å². The Kier molecular flexibility index (Phi) is 3.28. The molecule has 2 N–H and O–H groups in total. The van der Waals surface area contributed by atoms with Gasteiger partial charge in [0.05, 0.1) is 11.8 Å². The zero-order valence-corrected chi connectivity index (χ0v) is 9.57. The zero-order chi connectivity index (χ0) is 13.1. The van der Waals surface area contributed by atoms with Crippen molar-refractivity contribution in [2.24, 2.45) is 0 Å². The van der Waals surface area contributed by atoms with Crippen LogP contribution in [0.5, 0.6) is 0 Å². The second-order valence-electron chi connectivity index (χ2n) is 3.24. The number of halogens is 1. The highest BCUT2D eigenvalue weighted by atomic mass is 32.1. The molecule has 0 saturated heterocycles. The minimum absolute atomic E-state index is 0.187. The molecule has 0 saturated carbocycles. The fourth-order valence-electron chi connectivity index (χ4n) is 1.23. The van der Waals surface area contributed by atoms with Gasteiger partial charge in [-0.3, -0.25) is 4.79 Å². The maximum Gasteiger partial charge on any atom is 0.338 e. The lowest BCUT2D eigenvalue weighted by atomic mass is 10.2. The Hall–Kier alpha value is -2.35. The van der Waals surface area contributed by atoms with Crippen LogP contribution in [0.2, 0.25) is 0 Å². The summed E-state index contributed by atoms with van der Waals surface area (Å²) in [5.41, 5.74) is -0.317. The molecule has 6 nitrogen and oxygen atoms in total. The van der Waals surface area contributed by atoms with Crippen LogP contribution in [0.15, 0.2) is 24.4 Å². The third kappa shape index (κ3) is 2.48. The summed E-state index contributed by atoms with van der Waals surface area (Å²) in [6, 6.07) is 3.29. The van der Waals surface area contributed by atoms with Gasteiger partial charge in [-0.05, 0) is 29.7 Å². The molecule has 8 heteroatoms. The van der Waals surface area contributed by atoms with Crippen molar-refractivity contribution < 1.29 is 19.1 Å². The number of carbonyl (C=O) groups excluding carboxylic acids is 1. The molecule has 1 aromatic carbocycles. The summed E-state index contributed by atoms with van der Waals surface area (Å²) in [6.07, 6.45) is 1.28. The first kappa shape index (κ1) is 12.1. The quantitative estimate of drug-likeness (QED) is 0.881. The van der Waals surface area contributed by atoms with E-state index < -0.39 is 23.3 Å². The number of rotatable bonds is 3. The molecule has 18 heavy (non-hydrogen) atoms. The first-order chi connectivity index (χ1) is 8.58. The van der Waals surface area contributed by atoms with Gasteiger partial charge in [-0.2, -0.15) is 0 Å². The summed E-state index contributed by atoms with van der Waals surface area (Å²) in [5, 5.41) is 14.7. The SMILES string of the molecule is O=C(Nc1ccc(F)c(C(=O)O)c1)c1cnns1. The molecule has 92 valence electrons. The van der Waals surface area contributed by atoms with Gasteiger partial charge in [0.25, 0.3) is 5.91 Å². The van der Waals surface area contributed by atoms with Crippen LogP contribution in [0.3, 0.4) is 0 Å². The Balaban J connectivity index is 2.22. The van der Waals surface area contributed by atoms with Gasteiger partial charge < -0.3 is 10.4 Å². The van der Waals surface area contributed by atoms with Crippen LogP contribution in [0, 0.1) is 5.82 Å². The normalized spacial score (nSPS) is 10.1. The number of benzene rings is 1. The topological polar surface area (TPSA) is 92.2 Å². The number of hydrogen-bond acceptors (Lipinski definition) is 5. The molecule has 0 aliphatic carbocycles. The van der Waals surface area contributed by atoms with Gasteiger partial charge in [0.15, 0.2) is 0 Å². The van der Waals surface area contributed by atoms with E-state index in [1.165, 1.54) is 12.3 Å². The molecule has 0 spiro atoms. The molecular formula is C10H6FN3O3S. The minimum Gasteiger partial charge on any atom is -0.478 e. The van der Waals surface area contributed by atoms with E-state index in [2.05, 4.69) is 14.9 Å². The Morgan fingerprint density at radius 3 is 2.78 bits per heavy atom. The van der Waals surface area contributed by atoms with Crippen molar-refractivity contribution in [3.8, 4) is 0 Å². The Morgan fingerprint density at radius 2 is 2.17 bits per heavy atom. The Bertz CT molecular complexity index is 600. The molecule has 2 aromatic rings. The minimum atomic E-state index is -1.40. The lowest BCUT2D eigenvalue weighted by molar-refractivity contribution is 0.0691. The lowest BCUT2D eigenvalue weighted by Gasteiger charge is -2.04. The average molecular weight is 267 g/mol. The smallest absolute Gasteiger partial charge is 0.338 e. The van der Waals surface area contributed by atoms with Gasteiger partial charge in [0, 0.05) is 5.69 Å². The van der Waals surface area contributed by atoms with Gasteiger partial charge in [-0.1, -0.05) is 4.49 Å². The summed E-state index contributed by atoms with van der Waals surface area (Å²) in [6.45, 7) is 0. The molecule has 0 radical (unpaired) electrons. The van der Waals surface area contributed by atoms with Gasteiger partial charge >= 0.3 is 5.97 Å². The average Bonchev–Trinajstić information content (AvgIpc) is 2.85. The molecule has 0 bridgehead atoms. The predicted octanol–water partition coefficient (Wildman–Crippen LogP) is 1.63. The maximum atomic E-state index is 13.1. The van der Waals surface area contributed by atoms with Gasteiger partial charge in [0.2, 0.25) is 0 Å². The highest BCUT2D eigenvalue weighted by molar-refractivity contribution is 7.07. The molecule has 2 rings (SSSR count). The molecular weight excluding hydrogens is 261 g/mol. The highest BCUT2D eigenvalue weighted by Crippen LogP contribution is 2.16. The van der Waals surface area contributed by atoms with Crippen molar-refractivity contribution in [2.45, 2.75) is 0 Å². The third-order valence-electron chi connectivity index (χ3n) is 2.04. The van der Waals surface area contributed by atoms with E-state index in [1.807, 2.05) is 0 Å². The Morgan fingerprint density at radius 1 is 1.39 bits per heavy atom. The van der Waals surface area contributed by atoms with Crippen LogP contribution < -0.4 is 5.32 Å². The van der Waals surface area contributed by atoms with Gasteiger partial charge in [-0.25, -0.2) is 9.18 Å². The van der Waals surface area contributed by atoms with E-state index in [1.54, 1.807) is 0 Å². The van der Waals surface area contributed by atoms with Crippen LogP contribution in [0.4, 0.5) is 10.1 Å². The third-order valence-corrected chi connectivity index (χ3v) is 2.70. The van der Waals surface area contributed by atoms with Crippen molar-refractivity contribution in [1.29, 1.82) is 0 Å². The summed E-state index contributed by atoms with van der Waals surface area (Å²) in [5.74, 6) is -2.74. The number of anilines is 1.